The molecule has 2 fully saturated rings. The summed E-state index contributed by atoms with van der Waals surface area (Å²) in [5, 5.41) is 0. The maximum atomic E-state index is 2.89. The Balaban J connectivity index is 0. The van der Waals surface area contributed by atoms with Crippen LogP contribution in [0, 0.1) is 29.1 Å². The molecule has 0 aromatic rings. The first-order valence-corrected chi connectivity index (χ1v) is 16.8. The second-order valence-electron chi connectivity index (χ2n) is 11.0. The molecule has 0 spiro atoms. The summed E-state index contributed by atoms with van der Waals surface area (Å²) in [6.07, 6.45) is 22.1. The van der Waals surface area contributed by atoms with Crippen LogP contribution < -0.4 is 0 Å². The Labute approximate surface area is 209 Å². The van der Waals surface area contributed by atoms with Gasteiger partial charge in [-0.25, -0.2) is 0 Å². The summed E-state index contributed by atoms with van der Waals surface area (Å²) in [5.74, 6) is 3.96. The highest BCUT2D eigenvalue weighted by atomic mass is 31.0. The monoisotopic (exact) mass is 510 g/mol. The van der Waals surface area contributed by atoms with Gasteiger partial charge >= 0.3 is 0 Å². The predicted molar refractivity (Wildman–Crippen MR) is 164 cm³/mol. The van der Waals surface area contributed by atoms with Gasteiger partial charge in [-0.1, -0.05) is 80.1 Å². The topological polar surface area (TPSA) is 0 Å². The fraction of sp³-hybridized carbons (Fsp3) is 1.00. The van der Waals surface area contributed by atoms with Gasteiger partial charge in [0.25, 0.3) is 0 Å². The van der Waals surface area contributed by atoms with Crippen molar-refractivity contribution in [2.24, 2.45) is 29.1 Å². The lowest BCUT2D eigenvalue weighted by molar-refractivity contribution is 0.145. The Morgan fingerprint density at radius 2 is 1.16 bits per heavy atom. The summed E-state index contributed by atoms with van der Waals surface area (Å²) in [4.78, 5) is 0. The van der Waals surface area contributed by atoms with Crippen molar-refractivity contribution in [1.82, 2.24) is 0 Å². The van der Waals surface area contributed by atoms with Gasteiger partial charge < -0.3 is 0 Å². The molecule has 0 saturated heterocycles. The first-order valence-electron chi connectivity index (χ1n) is 13.5. The van der Waals surface area contributed by atoms with E-state index in [1.54, 1.807) is 0 Å². The molecule has 31 heavy (non-hydrogen) atoms. The molecule has 0 aromatic heterocycles. The standard InChI is InChI=1S/C10H21P.C8H17P.C5H13P.C4H11P/c1-8-4-9(7-11)6-10(2,3)5-8;1-7-2-4-8(6-9)5-3-7;1-2-3-4-5-6;1-2-3-4-5/h8-9H,4-7,11H2,1-3H3;7-8H,2-6,9H2,1H3;2-6H2,1H3;2-5H2,1H3. The van der Waals surface area contributed by atoms with Gasteiger partial charge in [0.05, 0.1) is 0 Å². The van der Waals surface area contributed by atoms with Crippen molar-refractivity contribution >= 4 is 37.0 Å². The largest absolute Gasteiger partial charge is 0.138 e. The number of rotatable bonds is 7. The van der Waals surface area contributed by atoms with E-state index in [0.29, 0.717) is 5.41 Å². The fourth-order valence-electron chi connectivity index (χ4n) is 4.89. The number of hydrogen-bond donors (Lipinski definition) is 0. The molecular weight excluding hydrogens is 448 g/mol. The molecule has 2 aliphatic carbocycles. The van der Waals surface area contributed by atoms with Crippen LogP contribution in [0.2, 0.25) is 0 Å². The molecule has 190 valence electrons. The van der Waals surface area contributed by atoms with Crippen molar-refractivity contribution in [2.45, 2.75) is 119 Å². The minimum atomic E-state index is 0.610. The third-order valence-electron chi connectivity index (χ3n) is 6.65. The second-order valence-corrected chi connectivity index (χ2v) is 13.1. The van der Waals surface area contributed by atoms with Crippen molar-refractivity contribution < 1.29 is 0 Å². The molecule has 0 N–H and O–H groups in total. The average Bonchev–Trinajstić information content (AvgIpc) is 2.73. The SMILES string of the molecule is CC1CC(CP)CC(C)(C)C1.CC1CCC(CP)CC1.CCCCCP.CCCCP. The Kier molecular flexibility index (Phi) is 26.4. The summed E-state index contributed by atoms with van der Waals surface area (Å²) < 4.78 is 0. The molecule has 0 nitrogen and oxygen atoms in total. The molecule has 4 heteroatoms. The van der Waals surface area contributed by atoms with E-state index >= 15 is 0 Å². The highest BCUT2D eigenvalue weighted by Crippen LogP contribution is 2.42. The average molecular weight is 511 g/mol. The summed E-state index contributed by atoms with van der Waals surface area (Å²) in [7, 11) is 11.2. The molecule has 0 amide bonds. The van der Waals surface area contributed by atoms with Crippen molar-refractivity contribution in [2.75, 3.05) is 24.6 Å². The van der Waals surface area contributed by atoms with Crippen LogP contribution in [0.15, 0.2) is 0 Å². The van der Waals surface area contributed by atoms with Gasteiger partial charge in [0.1, 0.15) is 0 Å². The van der Waals surface area contributed by atoms with E-state index in [0.717, 1.165) is 23.7 Å². The van der Waals surface area contributed by atoms with Gasteiger partial charge in [-0.3, -0.25) is 0 Å². The van der Waals surface area contributed by atoms with Crippen LogP contribution in [-0.4, -0.2) is 24.6 Å². The lowest BCUT2D eigenvalue weighted by atomic mass is 9.68. The van der Waals surface area contributed by atoms with Crippen LogP contribution in [0.25, 0.3) is 0 Å². The smallest absolute Gasteiger partial charge is 0.0349 e. The zero-order valence-electron chi connectivity index (χ0n) is 22.4. The van der Waals surface area contributed by atoms with Crippen molar-refractivity contribution in [3.8, 4) is 0 Å². The van der Waals surface area contributed by atoms with E-state index in [1.165, 1.54) is 102 Å². The fourth-order valence-corrected chi connectivity index (χ4v) is 6.41. The zero-order chi connectivity index (χ0) is 24.1. The minimum Gasteiger partial charge on any atom is -0.138 e. The molecule has 2 aliphatic rings. The van der Waals surface area contributed by atoms with Crippen LogP contribution in [0.5, 0.6) is 0 Å². The van der Waals surface area contributed by atoms with Crippen LogP contribution in [0.4, 0.5) is 0 Å². The molecule has 2 saturated carbocycles. The zero-order valence-corrected chi connectivity index (χ0v) is 27.1. The van der Waals surface area contributed by atoms with Gasteiger partial charge in [-0.2, -0.15) is 0 Å². The van der Waals surface area contributed by atoms with Crippen LogP contribution in [-0.2, 0) is 0 Å². The molecule has 6 atom stereocenters. The van der Waals surface area contributed by atoms with E-state index in [9.17, 15) is 0 Å². The lowest BCUT2D eigenvalue weighted by Crippen LogP contribution is -2.28. The van der Waals surface area contributed by atoms with Crippen molar-refractivity contribution in [1.29, 1.82) is 0 Å². The highest BCUT2D eigenvalue weighted by molar-refractivity contribution is 7.16. The molecule has 0 aliphatic heterocycles. The molecular formula is C27H62P4. The van der Waals surface area contributed by atoms with E-state index < -0.39 is 0 Å². The highest BCUT2D eigenvalue weighted by Gasteiger charge is 2.30. The Morgan fingerprint density at radius 1 is 0.645 bits per heavy atom. The van der Waals surface area contributed by atoms with Crippen LogP contribution in [0.3, 0.4) is 0 Å². The van der Waals surface area contributed by atoms with Gasteiger partial charge in [0.2, 0.25) is 0 Å². The Morgan fingerprint density at radius 3 is 1.48 bits per heavy atom. The summed E-state index contributed by atoms with van der Waals surface area (Å²) in [6, 6.07) is 0. The molecule has 0 bridgehead atoms. The van der Waals surface area contributed by atoms with Crippen molar-refractivity contribution in [3.05, 3.63) is 0 Å². The summed E-state index contributed by atoms with van der Waals surface area (Å²) in [5.41, 5.74) is 0.610. The molecule has 0 radical (unpaired) electrons. The number of unbranched alkanes of at least 4 members (excludes halogenated alkanes) is 3. The van der Waals surface area contributed by atoms with E-state index in [-0.39, 0.29) is 0 Å². The maximum Gasteiger partial charge on any atom is -0.0349 e. The Hall–Kier alpha value is 1.72. The van der Waals surface area contributed by atoms with Crippen LogP contribution in [0.1, 0.15) is 119 Å². The first kappa shape index (κ1) is 34.9. The minimum absolute atomic E-state index is 0.610. The van der Waals surface area contributed by atoms with E-state index in [2.05, 4.69) is 78.5 Å². The molecule has 2 rings (SSSR count). The van der Waals surface area contributed by atoms with Gasteiger partial charge in [0.15, 0.2) is 0 Å². The molecule has 0 aromatic carbocycles. The van der Waals surface area contributed by atoms with Gasteiger partial charge in [-0.05, 0) is 92.3 Å². The Bertz CT molecular complexity index is 345. The molecule has 6 unspecified atom stereocenters. The quantitative estimate of drug-likeness (QED) is 0.236. The first-order chi connectivity index (χ1) is 14.7. The maximum absolute atomic E-state index is 2.89. The molecule has 0 heterocycles. The van der Waals surface area contributed by atoms with E-state index in [1.807, 2.05) is 0 Å². The van der Waals surface area contributed by atoms with Gasteiger partial charge in [-0.15, -0.1) is 37.0 Å². The summed E-state index contributed by atoms with van der Waals surface area (Å²) >= 11 is 0. The second kappa shape index (κ2) is 23.5. The summed E-state index contributed by atoms with van der Waals surface area (Å²) in [6.45, 7) is 14.0. The van der Waals surface area contributed by atoms with E-state index in [4.69, 9.17) is 0 Å². The third-order valence-corrected chi connectivity index (χ3v) is 8.80. The van der Waals surface area contributed by atoms with Crippen molar-refractivity contribution in [3.63, 3.8) is 0 Å². The lowest BCUT2D eigenvalue weighted by Gasteiger charge is -2.38. The number of hydrogen-bond acceptors (Lipinski definition) is 0. The normalized spacial score (nSPS) is 26.9. The van der Waals surface area contributed by atoms with Gasteiger partial charge in [0, 0.05) is 0 Å². The predicted octanol–water partition coefficient (Wildman–Crippen LogP) is 9.72. The van der Waals surface area contributed by atoms with Crippen LogP contribution >= 0.6 is 37.0 Å². The third kappa shape index (κ3) is 23.2.